The molecule has 0 heterocycles. The van der Waals surface area contributed by atoms with Gasteiger partial charge in [0.05, 0.1) is 24.7 Å². The summed E-state index contributed by atoms with van der Waals surface area (Å²) in [5.41, 5.74) is 2.38. The molecule has 0 aromatic heterocycles. The first-order chi connectivity index (χ1) is 11.0. The third-order valence-corrected chi connectivity index (χ3v) is 3.74. The fourth-order valence-electron chi connectivity index (χ4n) is 2.12. The van der Waals surface area contributed by atoms with E-state index in [1.54, 1.807) is 19.2 Å². The van der Waals surface area contributed by atoms with Gasteiger partial charge in [0.25, 0.3) is 0 Å². The highest BCUT2D eigenvalue weighted by molar-refractivity contribution is 6.18. The molecule has 0 saturated carbocycles. The number of methoxy groups -OCH3 is 1. The van der Waals surface area contributed by atoms with Crippen LogP contribution in [0.2, 0.25) is 0 Å². The van der Waals surface area contributed by atoms with Gasteiger partial charge in [-0.3, -0.25) is 0 Å². The van der Waals surface area contributed by atoms with Gasteiger partial charge in [-0.1, -0.05) is 18.2 Å². The molecule has 2 rings (SSSR count). The van der Waals surface area contributed by atoms with E-state index in [9.17, 15) is 15.0 Å². The molecule has 0 aliphatic rings. The van der Waals surface area contributed by atoms with Gasteiger partial charge in [0.15, 0.2) is 0 Å². The van der Waals surface area contributed by atoms with Crippen LogP contribution < -0.4 is 10.1 Å². The molecule has 0 spiro atoms. The fraction of sp³-hybridized carbons (Fsp3) is 0.235. The molecule has 2 aromatic carbocycles. The minimum atomic E-state index is -1.03. The van der Waals surface area contributed by atoms with Crippen LogP contribution in [0, 0.1) is 0 Å². The van der Waals surface area contributed by atoms with Gasteiger partial charge < -0.3 is 20.3 Å². The second-order valence-electron chi connectivity index (χ2n) is 4.98. The number of nitrogens with one attached hydrogen (secondary N) is 1. The van der Waals surface area contributed by atoms with E-state index in [-0.39, 0.29) is 18.0 Å². The lowest BCUT2D eigenvalue weighted by molar-refractivity contribution is 0.0697. The molecule has 0 fully saturated rings. The number of rotatable bonds is 7. The van der Waals surface area contributed by atoms with Crippen LogP contribution in [0.3, 0.4) is 0 Å². The predicted molar refractivity (Wildman–Crippen MR) is 90.6 cm³/mol. The van der Waals surface area contributed by atoms with E-state index in [2.05, 4.69) is 5.32 Å². The Bertz CT molecular complexity index is 673. The number of carboxylic acids is 1. The summed E-state index contributed by atoms with van der Waals surface area (Å²) in [5, 5.41) is 21.7. The molecule has 0 aliphatic heterocycles. The van der Waals surface area contributed by atoms with Crippen molar-refractivity contribution in [2.24, 2.45) is 0 Å². The van der Waals surface area contributed by atoms with Crippen molar-refractivity contribution in [3.05, 3.63) is 48.0 Å². The molecule has 0 amide bonds. The summed E-state index contributed by atoms with van der Waals surface area (Å²) in [5.74, 6) is -0.207. The highest BCUT2D eigenvalue weighted by Crippen LogP contribution is 2.27. The normalized spacial score (nSPS) is 11.8. The number of benzene rings is 2. The first-order valence-corrected chi connectivity index (χ1v) is 7.58. The van der Waals surface area contributed by atoms with Gasteiger partial charge in [-0.2, -0.15) is 0 Å². The highest BCUT2D eigenvalue weighted by atomic mass is 35.5. The van der Waals surface area contributed by atoms with Crippen LogP contribution in [-0.2, 0) is 0 Å². The smallest absolute Gasteiger partial charge is 0.337 e. The van der Waals surface area contributed by atoms with Crippen LogP contribution in [0.5, 0.6) is 5.75 Å². The van der Waals surface area contributed by atoms with E-state index < -0.39 is 12.1 Å². The average molecular weight is 336 g/mol. The van der Waals surface area contributed by atoms with E-state index in [1.165, 1.54) is 6.07 Å². The zero-order chi connectivity index (χ0) is 16.8. The van der Waals surface area contributed by atoms with E-state index in [4.69, 9.17) is 16.3 Å². The number of aliphatic hydroxyl groups excluding tert-OH is 1. The molecule has 23 heavy (non-hydrogen) atoms. The molecule has 122 valence electrons. The molecule has 6 heteroatoms. The van der Waals surface area contributed by atoms with Gasteiger partial charge in [0.2, 0.25) is 0 Å². The Morgan fingerprint density at radius 1 is 1.22 bits per heavy atom. The second kappa shape index (κ2) is 7.85. The molecular weight excluding hydrogens is 318 g/mol. The van der Waals surface area contributed by atoms with Crippen LogP contribution in [0.1, 0.15) is 10.4 Å². The number of carboxylic acid groups (broad SMARTS) is 1. The standard InChI is InChI=1S/C17H18ClNO4/c1-23-14-5-2-11(3-6-14)12-4-7-15(17(21)22)16(8-12)19-10-13(20)9-18/h2-8,13,19-20H,9-10H2,1H3,(H,21,22). The maximum absolute atomic E-state index is 11.3. The van der Waals surface area contributed by atoms with Crippen molar-refractivity contribution in [1.82, 2.24) is 0 Å². The summed E-state index contributed by atoms with van der Waals surface area (Å²) in [6.45, 7) is 0.176. The van der Waals surface area contributed by atoms with Crippen LogP contribution in [0.4, 0.5) is 5.69 Å². The second-order valence-corrected chi connectivity index (χ2v) is 5.29. The number of ether oxygens (including phenoxy) is 1. The summed E-state index contributed by atoms with van der Waals surface area (Å²) in [7, 11) is 1.60. The molecule has 0 saturated heterocycles. The Hall–Kier alpha value is -2.24. The number of hydrogen-bond donors (Lipinski definition) is 3. The number of aromatic carboxylic acids is 1. The molecule has 0 bridgehead atoms. The van der Waals surface area contributed by atoms with Crippen molar-refractivity contribution in [2.45, 2.75) is 6.10 Å². The third kappa shape index (κ3) is 4.37. The third-order valence-electron chi connectivity index (χ3n) is 3.38. The maximum Gasteiger partial charge on any atom is 0.337 e. The molecule has 5 nitrogen and oxygen atoms in total. The predicted octanol–water partition coefficient (Wildman–Crippen LogP) is 3.07. The molecule has 1 unspecified atom stereocenters. The minimum Gasteiger partial charge on any atom is -0.497 e. The number of hydrogen-bond acceptors (Lipinski definition) is 4. The number of carbonyl (C=O) groups is 1. The lowest BCUT2D eigenvalue weighted by Crippen LogP contribution is -2.21. The summed E-state index contributed by atoms with van der Waals surface area (Å²) < 4.78 is 5.13. The maximum atomic E-state index is 11.3. The minimum absolute atomic E-state index is 0.0770. The number of aliphatic hydroxyl groups is 1. The topological polar surface area (TPSA) is 78.8 Å². The Morgan fingerprint density at radius 2 is 1.87 bits per heavy atom. The van der Waals surface area contributed by atoms with Crippen LogP contribution in [0.15, 0.2) is 42.5 Å². The molecule has 3 N–H and O–H groups in total. The molecule has 0 aliphatic carbocycles. The van der Waals surface area contributed by atoms with Gasteiger partial charge in [0, 0.05) is 12.2 Å². The van der Waals surface area contributed by atoms with Gasteiger partial charge in [-0.25, -0.2) is 4.79 Å². The summed E-state index contributed by atoms with van der Waals surface area (Å²) >= 11 is 5.56. The molecule has 1 atom stereocenters. The van der Waals surface area contributed by atoms with Crippen molar-refractivity contribution < 1.29 is 19.7 Å². The van der Waals surface area contributed by atoms with Crippen molar-refractivity contribution in [3.63, 3.8) is 0 Å². The van der Waals surface area contributed by atoms with Crippen molar-refractivity contribution in [1.29, 1.82) is 0 Å². The highest BCUT2D eigenvalue weighted by Gasteiger charge is 2.12. The van der Waals surface area contributed by atoms with E-state index in [1.807, 2.05) is 24.3 Å². The largest absolute Gasteiger partial charge is 0.497 e. The van der Waals surface area contributed by atoms with Crippen LogP contribution in [0.25, 0.3) is 11.1 Å². The number of anilines is 1. The first-order valence-electron chi connectivity index (χ1n) is 7.05. The Morgan fingerprint density at radius 3 is 2.43 bits per heavy atom. The fourth-order valence-corrected chi connectivity index (χ4v) is 2.23. The van der Waals surface area contributed by atoms with Gasteiger partial charge in [0.1, 0.15) is 5.75 Å². The van der Waals surface area contributed by atoms with Crippen molar-refractivity contribution in [2.75, 3.05) is 24.9 Å². The molecular formula is C17H18ClNO4. The Labute approximate surface area is 139 Å². The zero-order valence-corrected chi connectivity index (χ0v) is 13.4. The summed E-state index contributed by atoms with van der Waals surface area (Å²) in [6, 6.07) is 12.5. The first kappa shape index (κ1) is 17.1. The average Bonchev–Trinajstić information content (AvgIpc) is 2.59. The van der Waals surface area contributed by atoms with Crippen molar-refractivity contribution in [3.8, 4) is 16.9 Å². The summed E-state index contributed by atoms with van der Waals surface area (Å²) in [6.07, 6.45) is -0.747. The lowest BCUT2D eigenvalue weighted by Gasteiger charge is -2.14. The van der Waals surface area contributed by atoms with E-state index >= 15 is 0 Å². The van der Waals surface area contributed by atoms with Gasteiger partial charge >= 0.3 is 5.97 Å². The number of halogens is 1. The van der Waals surface area contributed by atoms with E-state index in [0.29, 0.717) is 5.69 Å². The Balaban J connectivity index is 2.32. The van der Waals surface area contributed by atoms with E-state index in [0.717, 1.165) is 16.9 Å². The van der Waals surface area contributed by atoms with Gasteiger partial charge in [-0.15, -0.1) is 11.6 Å². The SMILES string of the molecule is COc1ccc(-c2ccc(C(=O)O)c(NCC(O)CCl)c2)cc1. The Kier molecular flexibility index (Phi) is 5.84. The zero-order valence-electron chi connectivity index (χ0n) is 12.6. The van der Waals surface area contributed by atoms with Crippen LogP contribution in [-0.4, -0.2) is 41.8 Å². The monoisotopic (exact) mass is 335 g/mol. The quantitative estimate of drug-likeness (QED) is 0.678. The van der Waals surface area contributed by atoms with Crippen LogP contribution >= 0.6 is 11.6 Å². The molecule has 0 radical (unpaired) electrons. The van der Waals surface area contributed by atoms with Crippen molar-refractivity contribution >= 4 is 23.3 Å². The van der Waals surface area contributed by atoms with Gasteiger partial charge in [-0.05, 0) is 35.4 Å². The lowest BCUT2D eigenvalue weighted by atomic mass is 10.0. The number of alkyl halides is 1. The summed E-state index contributed by atoms with van der Waals surface area (Å²) in [4.78, 5) is 11.3. The molecule has 2 aromatic rings.